The third kappa shape index (κ3) is 5.75. The van der Waals surface area contributed by atoms with Crippen molar-refractivity contribution in [2.75, 3.05) is 0 Å². The zero-order valence-electron chi connectivity index (χ0n) is 35.5. The summed E-state index contributed by atoms with van der Waals surface area (Å²) in [5.74, 6) is 0. The van der Waals surface area contributed by atoms with Crippen LogP contribution in [0.2, 0.25) is 0 Å². The van der Waals surface area contributed by atoms with Crippen molar-refractivity contribution in [2.24, 2.45) is 0 Å². The van der Waals surface area contributed by atoms with Gasteiger partial charge < -0.3 is 18.1 Å². The quantitative estimate of drug-likeness (QED) is 0.131. The standard InChI is InChI=1S/C60H37N3O.H2S2/c1-2-17-41(18-3-1)61-54-29-11-8-24-48(54)50-35-39(32-33-57(50)61)43-25-15-26-49-51-36-40(38-16-14-19-42(34-38)62-52-27-9-4-20-44(52)45-21-5-10-28-53(45)62)37-58(60(51)64-59(43)49)63-55-30-12-6-22-46(55)47-23-7-13-31-56(47)63;1-2/h1-37H;1-2H. The third-order valence-electron chi connectivity index (χ3n) is 13.4. The molecular formula is C60H39N3OS2. The molecule has 14 aromatic rings. The van der Waals surface area contributed by atoms with Gasteiger partial charge in [-0.1, -0.05) is 146 Å². The Morgan fingerprint density at radius 2 is 0.727 bits per heavy atom. The van der Waals surface area contributed by atoms with Crippen molar-refractivity contribution in [1.82, 2.24) is 13.7 Å². The summed E-state index contributed by atoms with van der Waals surface area (Å²) >= 11 is 6.44. The van der Waals surface area contributed by atoms with Gasteiger partial charge in [-0.25, -0.2) is 0 Å². The van der Waals surface area contributed by atoms with E-state index in [1.807, 2.05) is 0 Å². The van der Waals surface area contributed by atoms with Crippen LogP contribution in [0.5, 0.6) is 0 Å². The van der Waals surface area contributed by atoms with Crippen LogP contribution in [-0.2, 0) is 0 Å². The van der Waals surface area contributed by atoms with E-state index in [0.717, 1.165) is 72.3 Å². The number of para-hydroxylation sites is 7. The fraction of sp³-hybridized carbons (Fsp3) is 0. The van der Waals surface area contributed by atoms with Crippen molar-refractivity contribution in [1.29, 1.82) is 0 Å². The maximum atomic E-state index is 7.30. The van der Waals surface area contributed by atoms with Crippen molar-refractivity contribution in [3.05, 3.63) is 224 Å². The molecule has 0 N–H and O–H groups in total. The van der Waals surface area contributed by atoms with Gasteiger partial charge >= 0.3 is 0 Å². The lowest BCUT2D eigenvalue weighted by Crippen LogP contribution is -1.96. The monoisotopic (exact) mass is 881 g/mol. The van der Waals surface area contributed by atoms with Crippen molar-refractivity contribution in [3.63, 3.8) is 0 Å². The van der Waals surface area contributed by atoms with E-state index >= 15 is 0 Å². The number of hydrogen-bond acceptors (Lipinski definition) is 3. The maximum absolute atomic E-state index is 7.30. The van der Waals surface area contributed by atoms with E-state index in [0.29, 0.717) is 0 Å². The minimum Gasteiger partial charge on any atom is -0.453 e. The summed E-state index contributed by atoms with van der Waals surface area (Å²) in [7, 11) is 0. The van der Waals surface area contributed by atoms with Crippen LogP contribution in [0.15, 0.2) is 229 Å². The molecule has 312 valence electrons. The number of aromatic nitrogens is 3. The Hall–Kier alpha value is -7.90. The molecule has 0 aliphatic carbocycles. The fourth-order valence-electron chi connectivity index (χ4n) is 10.6. The predicted molar refractivity (Wildman–Crippen MR) is 286 cm³/mol. The maximum Gasteiger partial charge on any atom is 0.159 e. The molecule has 10 aromatic carbocycles. The van der Waals surface area contributed by atoms with Gasteiger partial charge in [0.25, 0.3) is 0 Å². The first-order valence-electron chi connectivity index (χ1n) is 22.1. The van der Waals surface area contributed by atoms with Crippen molar-refractivity contribution in [3.8, 4) is 39.3 Å². The van der Waals surface area contributed by atoms with Gasteiger partial charge in [0.05, 0.1) is 38.8 Å². The molecule has 0 aliphatic heterocycles. The summed E-state index contributed by atoms with van der Waals surface area (Å²) in [5, 5.41) is 9.52. The van der Waals surface area contributed by atoms with Gasteiger partial charge in [-0.3, -0.25) is 0 Å². The molecule has 0 amide bonds. The van der Waals surface area contributed by atoms with Crippen LogP contribution in [0.25, 0.3) is 127 Å². The van der Waals surface area contributed by atoms with Gasteiger partial charge in [0.15, 0.2) is 5.58 Å². The minimum absolute atomic E-state index is 0.859. The van der Waals surface area contributed by atoms with E-state index in [2.05, 4.69) is 261 Å². The van der Waals surface area contributed by atoms with Crippen LogP contribution in [0, 0.1) is 0 Å². The third-order valence-corrected chi connectivity index (χ3v) is 13.4. The highest BCUT2D eigenvalue weighted by atomic mass is 33.1. The Labute approximate surface area is 390 Å². The molecule has 0 saturated heterocycles. The van der Waals surface area contributed by atoms with Gasteiger partial charge in [0.1, 0.15) is 5.58 Å². The first kappa shape index (κ1) is 38.5. The first-order chi connectivity index (χ1) is 32.8. The van der Waals surface area contributed by atoms with Crippen LogP contribution in [0.4, 0.5) is 0 Å². The summed E-state index contributed by atoms with van der Waals surface area (Å²) in [4.78, 5) is 0. The number of furan rings is 1. The molecule has 0 unspecified atom stereocenters. The van der Waals surface area contributed by atoms with Gasteiger partial charge in [0.2, 0.25) is 0 Å². The van der Waals surface area contributed by atoms with Gasteiger partial charge in [-0.2, -0.15) is 0 Å². The van der Waals surface area contributed by atoms with E-state index in [9.17, 15) is 0 Å². The molecule has 0 spiro atoms. The molecule has 0 aliphatic rings. The van der Waals surface area contributed by atoms with E-state index in [1.54, 1.807) is 0 Å². The van der Waals surface area contributed by atoms with Crippen LogP contribution >= 0.6 is 23.3 Å². The average Bonchev–Trinajstić information content (AvgIpc) is 4.13. The molecule has 4 aromatic heterocycles. The van der Waals surface area contributed by atoms with Crippen LogP contribution in [0.1, 0.15) is 0 Å². The highest BCUT2D eigenvalue weighted by Crippen LogP contribution is 2.44. The normalized spacial score (nSPS) is 11.8. The second kappa shape index (κ2) is 15.4. The molecule has 0 radical (unpaired) electrons. The summed E-state index contributed by atoms with van der Waals surface area (Å²) in [5.41, 5.74) is 16.5. The highest BCUT2D eigenvalue weighted by Gasteiger charge is 2.22. The molecule has 14 rings (SSSR count). The van der Waals surface area contributed by atoms with Crippen molar-refractivity contribution >= 4 is 111 Å². The average molecular weight is 882 g/mol. The second-order valence-corrected chi connectivity index (χ2v) is 16.9. The Morgan fingerprint density at radius 3 is 1.33 bits per heavy atom. The Bertz CT molecular complexity index is 4100. The summed E-state index contributed by atoms with van der Waals surface area (Å²) in [6.45, 7) is 0. The zero-order valence-corrected chi connectivity index (χ0v) is 37.3. The number of benzene rings is 10. The number of rotatable bonds is 5. The molecule has 4 heterocycles. The van der Waals surface area contributed by atoms with Gasteiger partial charge in [0, 0.05) is 60.0 Å². The van der Waals surface area contributed by atoms with Gasteiger partial charge in [-0.05, 0) is 95.6 Å². The van der Waals surface area contributed by atoms with Gasteiger partial charge in [-0.15, -0.1) is 23.3 Å². The van der Waals surface area contributed by atoms with E-state index in [-0.39, 0.29) is 0 Å². The molecule has 0 bridgehead atoms. The minimum atomic E-state index is 0.859. The summed E-state index contributed by atoms with van der Waals surface area (Å²) in [6.07, 6.45) is 0. The van der Waals surface area contributed by atoms with E-state index < -0.39 is 0 Å². The van der Waals surface area contributed by atoms with Crippen molar-refractivity contribution < 1.29 is 4.42 Å². The lowest BCUT2D eigenvalue weighted by atomic mass is 9.98. The number of thiol groups is 2. The van der Waals surface area contributed by atoms with E-state index in [4.69, 9.17) is 4.42 Å². The molecule has 0 saturated carbocycles. The molecular weight excluding hydrogens is 843 g/mol. The molecule has 0 atom stereocenters. The summed E-state index contributed by atoms with van der Waals surface area (Å²) < 4.78 is 14.5. The smallest absolute Gasteiger partial charge is 0.159 e. The SMILES string of the molecule is SS.c1ccc(-n2c3ccccc3c3cc(-c4cccc5c4oc4c(-n6c7ccccc7c7ccccc76)cc(-c6cccc(-n7c8ccccc8c8ccccc87)c6)cc45)ccc32)cc1. The predicted octanol–water partition coefficient (Wildman–Crippen LogP) is 17.0. The lowest BCUT2D eigenvalue weighted by molar-refractivity contribution is 0.667. The summed E-state index contributed by atoms with van der Waals surface area (Å²) in [6, 6.07) is 81.4. The Balaban J connectivity index is 0.00000215. The Kier molecular flexibility index (Phi) is 8.98. The van der Waals surface area contributed by atoms with Crippen LogP contribution in [0.3, 0.4) is 0 Å². The molecule has 66 heavy (non-hydrogen) atoms. The fourth-order valence-corrected chi connectivity index (χ4v) is 10.6. The lowest BCUT2D eigenvalue weighted by Gasteiger charge is -2.13. The van der Waals surface area contributed by atoms with Crippen LogP contribution in [-0.4, -0.2) is 13.7 Å². The number of fused-ring (bicyclic) bond motifs is 12. The van der Waals surface area contributed by atoms with Crippen LogP contribution < -0.4 is 0 Å². The van der Waals surface area contributed by atoms with E-state index in [1.165, 1.54) is 54.4 Å². The largest absolute Gasteiger partial charge is 0.453 e. The molecule has 0 fully saturated rings. The Morgan fingerprint density at radius 1 is 0.273 bits per heavy atom. The zero-order chi connectivity index (χ0) is 43.9. The molecule has 4 nitrogen and oxygen atoms in total. The molecule has 6 heteroatoms. The highest BCUT2D eigenvalue weighted by molar-refractivity contribution is 8.59. The first-order valence-corrected chi connectivity index (χ1v) is 23.7. The topological polar surface area (TPSA) is 27.9 Å². The number of hydrogen-bond donors (Lipinski definition) is 2. The van der Waals surface area contributed by atoms with Crippen molar-refractivity contribution in [2.45, 2.75) is 0 Å². The number of nitrogens with zero attached hydrogens (tertiary/aromatic N) is 3. The second-order valence-electron chi connectivity index (χ2n) is 16.9.